The number of rotatable bonds is 12. The number of furan rings is 1. The van der Waals surface area contributed by atoms with Crippen molar-refractivity contribution in [2.75, 3.05) is 13.2 Å². The van der Waals surface area contributed by atoms with Crippen LogP contribution in [0.25, 0.3) is 6.08 Å². The molecule has 34 heavy (non-hydrogen) atoms. The zero-order valence-electron chi connectivity index (χ0n) is 20.6. The molecule has 3 rings (SSSR count). The molecule has 0 spiro atoms. The van der Waals surface area contributed by atoms with E-state index < -0.39 is 23.9 Å². The molecule has 1 saturated heterocycles. The van der Waals surface area contributed by atoms with E-state index in [9.17, 15) is 24.9 Å². The average molecular weight is 474 g/mol. The smallest absolute Gasteiger partial charge is 0.233 e. The maximum absolute atomic E-state index is 13.1. The van der Waals surface area contributed by atoms with Gasteiger partial charge in [0.05, 0.1) is 24.5 Å². The molecule has 7 heteroatoms. The minimum atomic E-state index is -0.790. The zero-order valence-corrected chi connectivity index (χ0v) is 20.6. The SMILES string of the molecule is CCCC1=C([C@H](O)CC/C(=C/c2ccc(CO)o2)CC)[C@H](CO)[C@@H]2C(=O)N(CCC)C(=O)[C@@H]2C1. The summed E-state index contributed by atoms with van der Waals surface area (Å²) in [7, 11) is 0. The highest BCUT2D eigenvalue weighted by Crippen LogP contribution is 2.47. The first kappa shape index (κ1) is 26.4. The Bertz CT molecular complexity index is 929. The molecule has 7 nitrogen and oxygen atoms in total. The van der Waals surface area contributed by atoms with Crippen LogP contribution in [0.1, 0.15) is 77.2 Å². The lowest BCUT2D eigenvalue weighted by molar-refractivity contribution is -0.140. The van der Waals surface area contributed by atoms with Crippen LogP contribution in [0.3, 0.4) is 0 Å². The van der Waals surface area contributed by atoms with Gasteiger partial charge in [0.15, 0.2) is 0 Å². The summed E-state index contributed by atoms with van der Waals surface area (Å²) in [6, 6.07) is 3.55. The molecule has 2 aliphatic rings. The van der Waals surface area contributed by atoms with Crippen LogP contribution in [-0.2, 0) is 16.2 Å². The number of allylic oxidation sites excluding steroid dienone is 2. The Labute approximate surface area is 202 Å². The first-order valence-corrected chi connectivity index (χ1v) is 12.6. The second-order valence-electron chi connectivity index (χ2n) is 9.44. The molecule has 1 aliphatic carbocycles. The van der Waals surface area contributed by atoms with Gasteiger partial charge in [0.1, 0.15) is 18.1 Å². The topological polar surface area (TPSA) is 111 Å². The van der Waals surface area contributed by atoms with E-state index in [4.69, 9.17) is 4.42 Å². The lowest BCUT2D eigenvalue weighted by Gasteiger charge is -2.36. The molecule has 2 amide bonds. The molecule has 0 bridgehead atoms. The number of carbonyl (C=O) groups excluding carboxylic acids is 2. The van der Waals surface area contributed by atoms with Gasteiger partial charge in [-0.15, -0.1) is 0 Å². The van der Waals surface area contributed by atoms with Crippen LogP contribution in [0.15, 0.2) is 33.3 Å². The Morgan fingerprint density at radius 3 is 2.53 bits per heavy atom. The van der Waals surface area contributed by atoms with Gasteiger partial charge in [0.25, 0.3) is 0 Å². The minimum absolute atomic E-state index is 0.130. The van der Waals surface area contributed by atoms with Crippen molar-refractivity contribution in [2.24, 2.45) is 17.8 Å². The number of imide groups is 1. The van der Waals surface area contributed by atoms with Gasteiger partial charge in [-0.1, -0.05) is 38.3 Å². The molecule has 4 atom stereocenters. The number of carbonyl (C=O) groups is 2. The van der Waals surface area contributed by atoms with Crippen LogP contribution in [0, 0.1) is 17.8 Å². The Morgan fingerprint density at radius 1 is 1.18 bits per heavy atom. The molecule has 0 unspecified atom stereocenters. The summed E-state index contributed by atoms with van der Waals surface area (Å²) in [6.45, 7) is 6.04. The van der Waals surface area contributed by atoms with Crippen LogP contribution in [0.5, 0.6) is 0 Å². The molecule has 0 aromatic carbocycles. The highest BCUT2D eigenvalue weighted by Gasteiger charge is 2.54. The van der Waals surface area contributed by atoms with E-state index in [1.54, 1.807) is 6.07 Å². The van der Waals surface area contributed by atoms with Crippen molar-refractivity contribution < 1.29 is 29.3 Å². The number of fused-ring (bicyclic) bond motifs is 1. The largest absolute Gasteiger partial charge is 0.459 e. The molecule has 2 heterocycles. The Morgan fingerprint density at radius 2 is 1.94 bits per heavy atom. The second kappa shape index (κ2) is 12.0. The van der Waals surface area contributed by atoms with Crippen LogP contribution in [0.2, 0.25) is 0 Å². The fourth-order valence-electron chi connectivity index (χ4n) is 5.59. The number of amides is 2. The molecule has 1 aliphatic heterocycles. The van der Waals surface area contributed by atoms with Gasteiger partial charge in [0.2, 0.25) is 11.8 Å². The zero-order chi connectivity index (χ0) is 24.8. The third-order valence-electron chi connectivity index (χ3n) is 7.21. The van der Waals surface area contributed by atoms with Crippen LogP contribution in [0.4, 0.5) is 0 Å². The summed E-state index contributed by atoms with van der Waals surface area (Å²) < 4.78 is 5.57. The number of hydrogen-bond acceptors (Lipinski definition) is 6. The summed E-state index contributed by atoms with van der Waals surface area (Å²) in [4.78, 5) is 27.5. The van der Waals surface area contributed by atoms with Crippen molar-refractivity contribution >= 4 is 17.9 Å². The number of likely N-dealkylation sites (tertiary alicyclic amines) is 1. The summed E-state index contributed by atoms with van der Waals surface area (Å²) in [5.41, 5.74) is 2.89. The molecule has 0 saturated carbocycles. The number of aliphatic hydroxyl groups is 3. The van der Waals surface area contributed by atoms with Crippen molar-refractivity contribution in [1.82, 2.24) is 4.90 Å². The molecule has 188 valence electrons. The molecule has 1 aromatic rings. The van der Waals surface area contributed by atoms with Gasteiger partial charge in [-0.25, -0.2) is 0 Å². The first-order chi connectivity index (χ1) is 16.4. The van der Waals surface area contributed by atoms with E-state index in [2.05, 4.69) is 6.92 Å². The predicted molar refractivity (Wildman–Crippen MR) is 129 cm³/mol. The number of nitrogens with zero attached hydrogens (tertiary/aromatic N) is 1. The Hall–Kier alpha value is -2.22. The van der Waals surface area contributed by atoms with Crippen molar-refractivity contribution in [3.63, 3.8) is 0 Å². The summed E-state index contributed by atoms with van der Waals surface area (Å²) in [5, 5.41) is 30.8. The van der Waals surface area contributed by atoms with Gasteiger partial charge in [0, 0.05) is 12.5 Å². The highest BCUT2D eigenvalue weighted by atomic mass is 16.4. The number of hydrogen-bond donors (Lipinski definition) is 3. The standard InChI is InChI=1S/C27H39NO6/c1-4-7-18-14-21-25(27(33)28(12-5-2)26(21)32)22(16-30)24(18)23(31)11-8-17(6-3)13-19-9-10-20(15-29)34-19/h9-10,13,21-23,25,29-31H,4-8,11-12,14-16H2,1-3H3/b17-13+/t21-,22+,23-,25-/m1/s1. The highest BCUT2D eigenvalue weighted by molar-refractivity contribution is 6.05. The summed E-state index contributed by atoms with van der Waals surface area (Å²) in [6.07, 6.45) is 5.84. The average Bonchev–Trinajstić information content (AvgIpc) is 3.39. The third kappa shape index (κ3) is 5.37. The maximum Gasteiger partial charge on any atom is 0.233 e. The molecular formula is C27H39NO6. The van der Waals surface area contributed by atoms with E-state index >= 15 is 0 Å². The summed E-state index contributed by atoms with van der Waals surface area (Å²) >= 11 is 0. The van der Waals surface area contributed by atoms with E-state index in [1.807, 2.05) is 26.0 Å². The van der Waals surface area contributed by atoms with E-state index in [1.165, 1.54) is 4.90 Å². The van der Waals surface area contributed by atoms with Crippen LogP contribution in [-0.4, -0.2) is 51.3 Å². The lowest BCUT2D eigenvalue weighted by Crippen LogP contribution is -2.39. The van der Waals surface area contributed by atoms with Gasteiger partial charge in [-0.3, -0.25) is 14.5 Å². The first-order valence-electron chi connectivity index (χ1n) is 12.6. The quantitative estimate of drug-likeness (QED) is 0.314. The molecule has 1 aromatic heterocycles. The van der Waals surface area contributed by atoms with Gasteiger partial charge in [-0.05, 0) is 62.3 Å². The van der Waals surface area contributed by atoms with E-state index in [0.29, 0.717) is 43.7 Å². The van der Waals surface area contributed by atoms with Crippen LogP contribution < -0.4 is 0 Å². The molecular weight excluding hydrogens is 434 g/mol. The van der Waals surface area contributed by atoms with Gasteiger partial charge >= 0.3 is 0 Å². The lowest BCUT2D eigenvalue weighted by atomic mass is 9.67. The van der Waals surface area contributed by atoms with Crippen molar-refractivity contribution in [1.29, 1.82) is 0 Å². The van der Waals surface area contributed by atoms with Gasteiger partial charge < -0.3 is 19.7 Å². The van der Waals surface area contributed by atoms with Crippen molar-refractivity contribution in [3.8, 4) is 0 Å². The van der Waals surface area contributed by atoms with Crippen molar-refractivity contribution in [2.45, 2.75) is 78.4 Å². The van der Waals surface area contributed by atoms with E-state index in [-0.39, 0.29) is 25.0 Å². The van der Waals surface area contributed by atoms with E-state index in [0.717, 1.165) is 36.0 Å². The third-order valence-corrected chi connectivity index (χ3v) is 7.21. The summed E-state index contributed by atoms with van der Waals surface area (Å²) in [5.74, 6) is -0.709. The Kier molecular flexibility index (Phi) is 9.28. The monoisotopic (exact) mass is 473 g/mol. The minimum Gasteiger partial charge on any atom is -0.459 e. The maximum atomic E-state index is 13.1. The predicted octanol–water partition coefficient (Wildman–Crippen LogP) is 3.83. The second-order valence-corrected chi connectivity index (χ2v) is 9.44. The molecule has 1 fully saturated rings. The number of aliphatic hydroxyl groups excluding tert-OH is 3. The Balaban J connectivity index is 1.83. The van der Waals surface area contributed by atoms with Crippen LogP contribution >= 0.6 is 0 Å². The molecule has 3 N–H and O–H groups in total. The fraction of sp³-hybridized carbons (Fsp3) is 0.630. The van der Waals surface area contributed by atoms with Crippen molar-refractivity contribution in [3.05, 3.63) is 40.4 Å². The fourth-order valence-corrected chi connectivity index (χ4v) is 5.59. The van der Waals surface area contributed by atoms with Gasteiger partial charge in [-0.2, -0.15) is 0 Å². The normalized spacial score (nSPS) is 24.2. The molecule has 0 radical (unpaired) electrons.